The molecule has 0 spiro atoms. The fourth-order valence-electron chi connectivity index (χ4n) is 3.52. The van der Waals surface area contributed by atoms with Crippen molar-refractivity contribution < 1.29 is 0 Å². The van der Waals surface area contributed by atoms with Crippen molar-refractivity contribution in [3.8, 4) is 6.07 Å². The van der Waals surface area contributed by atoms with Crippen molar-refractivity contribution in [2.24, 2.45) is 17.8 Å². The Morgan fingerprint density at radius 3 is 2.47 bits per heavy atom. The summed E-state index contributed by atoms with van der Waals surface area (Å²) in [6.45, 7) is 7.10. The van der Waals surface area contributed by atoms with Gasteiger partial charge < -0.3 is 0 Å². The minimum Gasteiger partial charge on any atom is -0.299 e. The second-order valence-electron chi connectivity index (χ2n) is 6.11. The van der Waals surface area contributed by atoms with E-state index in [4.69, 9.17) is 0 Å². The second kappa shape index (κ2) is 5.87. The zero-order valence-electron chi connectivity index (χ0n) is 11.4. The molecule has 0 radical (unpaired) electrons. The van der Waals surface area contributed by atoms with Crippen LogP contribution in [0.3, 0.4) is 0 Å². The molecule has 17 heavy (non-hydrogen) atoms. The average Bonchev–Trinajstić information content (AvgIpc) is 2.39. The van der Waals surface area contributed by atoms with Crippen LogP contribution in [0.5, 0.6) is 0 Å². The maximum atomic E-state index is 9.33. The Balaban J connectivity index is 1.97. The zero-order valence-corrected chi connectivity index (χ0v) is 11.4. The lowest BCUT2D eigenvalue weighted by Crippen LogP contribution is -2.47. The van der Waals surface area contributed by atoms with Gasteiger partial charge in [-0.2, -0.15) is 5.26 Å². The van der Waals surface area contributed by atoms with Gasteiger partial charge in [0.1, 0.15) is 0 Å². The van der Waals surface area contributed by atoms with Crippen LogP contribution in [0.15, 0.2) is 0 Å². The molecule has 2 fully saturated rings. The molecule has 1 heterocycles. The Kier molecular flexibility index (Phi) is 4.45. The van der Waals surface area contributed by atoms with E-state index >= 15 is 0 Å². The molecule has 0 bridgehead atoms. The first-order valence-electron chi connectivity index (χ1n) is 7.38. The van der Waals surface area contributed by atoms with Crippen molar-refractivity contribution in [2.75, 3.05) is 13.1 Å². The van der Waals surface area contributed by atoms with Gasteiger partial charge in [0.25, 0.3) is 0 Å². The van der Waals surface area contributed by atoms with Crippen LogP contribution in [-0.4, -0.2) is 24.0 Å². The minimum atomic E-state index is 0.297. The van der Waals surface area contributed by atoms with Gasteiger partial charge in [-0.1, -0.05) is 20.3 Å². The van der Waals surface area contributed by atoms with Crippen molar-refractivity contribution in [2.45, 2.75) is 58.4 Å². The van der Waals surface area contributed by atoms with Gasteiger partial charge >= 0.3 is 0 Å². The SMILES string of the molecule is CCC1CCC(C#N)C(N2CCC(C)CC2)C1. The van der Waals surface area contributed by atoms with Crippen LogP contribution in [0, 0.1) is 29.1 Å². The quantitative estimate of drug-likeness (QED) is 0.732. The lowest BCUT2D eigenvalue weighted by Gasteiger charge is -2.43. The van der Waals surface area contributed by atoms with Crippen LogP contribution in [0.25, 0.3) is 0 Å². The Morgan fingerprint density at radius 2 is 1.88 bits per heavy atom. The topological polar surface area (TPSA) is 27.0 Å². The number of hydrogen-bond acceptors (Lipinski definition) is 2. The van der Waals surface area contributed by atoms with Crippen LogP contribution in [0.2, 0.25) is 0 Å². The van der Waals surface area contributed by atoms with E-state index in [1.807, 2.05) is 0 Å². The third kappa shape index (κ3) is 3.01. The monoisotopic (exact) mass is 234 g/mol. The van der Waals surface area contributed by atoms with Crippen molar-refractivity contribution in [3.05, 3.63) is 0 Å². The lowest BCUT2D eigenvalue weighted by atomic mass is 9.76. The minimum absolute atomic E-state index is 0.297. The molecule has 2 aliphatic rings. The highest BCUT2D eigenvalue weighted by Crippen LogP contribution is 2.35. The van der Waals surface area contributed by atoms with Crippen LogP contribution in [-0.2, 0) is 0 Å². The summed E-state index contributed by atoms with van der Waals surface area (Å²) >= 11 is 0. The summed E-state index contributed by atoms with van der Waals surface area (Å²) in [5.74, 6) is 2.05. The predicted octanol–water partition coefficient (Wildman–Crippen LogP) is 3.44. The molecular weight excluding hydrogens is 208 g/mol. The van der Waals surface area contributed by atoms with Crippen molar-refractivity contribution in [1.29, 1.82) is 5.26 Å². The van der Waals surface area contributed by atoms with Gasteiger partial charge in [0, 0.05) is 6.04 Å². The predicted molar refractivity (Wildman–Crippen MR) is 70.5 cm³/mol. The lowest BCUT2D eigenvalue weighted by molar-refractivity contribution is 0.0694. The van der Waals surface area contributed by atoms with Crippen LogP contribution in [0.1, 0.15) is 52.4 Å². The normalized spacial score (nSPS) is 36.6. The highest BCUT2D eigenvalue weighted by Gasteiger charge is 2.34. The van der Waals surface area contributed by atoms with E-state index in [9.17, 15) is 5.26 Å². The number of piperidine rings is 1. The van der Waals surface area contributed by atoms with Gasteiger partial charge in [0.15, 0.2) is 0 Å². The first kappa shape index (κ1) is 12.9. The molecule has 2 nitrogen and oxygen atoms in total. The summed E-state index contributed by atoms with van der Waals surface area (Å²) < 4.78 is 0. The number of rotatable bonds is 2. The van der Waals surface area contributed by atoms with Gasteiger partial charge in [-0.25, -0.2) is 0 Å². The zero-order chi connectivity index (χ0) is 12.3. The standard InChI is InChI=1S/C15H26N2/c1-3-13-4-5-14(11-16)15(10-13)17-8-6-12(2)7-9-17/h12-15H,3-10H2,1-2H3. The molecule has 2 rings (SSSR count). The third-order valence-corrected chi connectivity index (χ3v) is 4.96. The summed E-state index contributed by atoms with van der Waals surface area (Å²) in [6.07, 6.45) is 7.61. The third-order valence-electron chi connectivity index (χ3n) is 4.96. The van der Waals surface area contributed by atoms with Crippen molar-refractivity contribution in [1.82, 2.24) is 4.90 Å². The molecule has 0 aromatic heterocycles. The van der Waals surface area contributed by atoms with E-state index in [-0.39, 0.29) is 0 Å². The van der Waals surface area contributed by atoms with Gasteiger partial charge in [0.05, 0.1) is 12.0 Å². The molecule has 1 aliphatic carbocycles. The number of hydrogen-bond donors (Lipinski definition) is 0. The summed E-state index contributed by atoms with van der Waals surface area (Å²) in [7, 11) is 0. The Bertz CT molecular complexity index is 273. The maximum absolute atomic E-state index is 9.33. The molecule has 0 N–H and O–H groups in total. The van der Waals surface area contributed by atoms with Crippen molar-refractivity contribution >= 4 is 0 Å². The second-order valence-corrected chi connectivity index (χ2v) is 6.11. The molecule has 1 aliphatic heterocycles. The van der Waals surface area contributed by atoms with Crippen LogP contribution < -0.4 is 0 Å². The summed E-state index contributed by atoms with van der Waals surface area (Å²) in [6, 6.07) is 3.13. The number of nitrogens with zero attached hydrogens (tertiary/aromatic N) is 2. The van der Waals surface area contributed by atoms with E-state index in [0.29, 0.717) is 12.0 Å². The van der Waals surface area contributed by atoms with Gasteiger partial charge in [-0.15, -0.1) is 0 Å². The Morgan fingerprint density at radius 1 is 1.18 bits per heavy atom. The van der Waals surface area contributed by atoms with Crippen LogP contribution >= 0.6 is 0 Å². The highest BCUT2D eigenvalue weighted by atomic mass is 15.2. The smallest absolute Gasteiger partial charge is 0.0672 e. The molecule has 0 amide bonds. The van der Waals surface area contributed by atoms with E-state index in [2.05, 4.69) is 24.8 Å². The average molecular weight is 234 g/mol. The summed E-state index contributed by atoms with van der Waals surface area (Å²) in [4.78, 5) is 2.62. The number of likely N-dealkylation sites (tertiary alicyclic amines) is 1. The van der Waals surface area contributed by atoms with Gasteiger partial charge in [-0.05, 0) is 57.0 Å². The van der Waals surface area contributed by atoms with E-state index in [1.165, 1.54) is 45.2 Å². The van der Waals surface area contributed by atoms with Crippen molar-refractivity contribution in [3.63, 3.8) is 0 Å². The van der Waals surface area contributed by atoms with E-state index < -0.39 is 0 Å². The molecule has 1 saturated carbocycles. The summed E-state index contributed by atoms with van der Waals surface area (Å²) in [5, 5.41) is 9.33. The van der Waals surface area contributed by atoms with Crippen LogP contribution in [0.4, 0.5) is 0 Å². The summed E-state index contributed by atoms with van der Waals surface area (Å²) in [5.41, 5.74) is 0. The number of nitriles is 1. The Labute approximate surface area is 106 Å². The molecule has 3 unspecified atom stereocenters. The van der Waals surface area contributed by atoms with Gasteiger partial charge in [0.2, 0.25) is 0 Å². The first-order valence-corrected chi connectivity index (χ1v) is 7.38. The largest absolute Gasteiger partial charge is 0.299 e. The van der Waals surface area contributed by atoms with Gasteiger partial charge in [-0.3, -0.25) is 4.90 Å². The fourth-order valence-corrected chi connectivity index (χ4v) is 3.52. The molecule has 3 atom stereocenters. The molecule has 96 valence electrons. The fraction of sp³-hybridized carbons (Fsp3) is 0.933. The molecule has 0 aromatic rings. The molecule has 1 saturated heterocycles. The van der Waals surface area contributed by atoms with E-state index in [0.717, 1.165) is 18.3 Å². The Hall–Kier alpha value is -0.550. The van der Waals surface area contributed by atoms with E-state index in [1.54, 1.807) is 0 Å². The molecular formula is C15H26N2. The molecule has 0 aromatic carbocycles. The molecule has 2 heteroatoms. The first-order chi connectivity index (χ1) is 8.24. The maximum Gasteiger partial charge on any atom is 0.0672 e. The highest BCUT2D eigenvalue weighted by molar-refractivity contribution is 4.98.